The summed E-state index contributed by atoms with van der Waals surface area (Å²) < 4.78 is 16.1. The molecule has 0 radical (unpaired) electrons. The van der Waals surface area contributed by atoms with Crippen LogP contribution in [0.25, 0.3) is 0 Å². The van der Waals surface area contributed by atoms with Gasteiger partial charge >= 0.3 is 5.97 Å². The Morgan fingerprint density at radius 3 is 2.85 bits per heavy atom. The first-order valence-electron chi connectivity index (χ1n) is 9.22. The fourth-order valence-corrected chi connectivity index (χ4v) is 3.01. The normalized spacial score (nSPS) is 17.6. The van der Waals surface area contributed by atoms with E-state index in [0.29, 0.717) is 18.8 Å². The molecule has 0 spiro atoms. The fourth-order valence-electron chi connectivity index (χ4n) is 3.01. The Balaban J connectivity index is 1.97. The van der Waals surface area contributed by atoms with Crippen LogP contribution < -0.4 is 4.74 Å². The number of esters is 1. The Hall–Kier alpha value is -2.08. The third-order valence-corrected chi connectivity index (χ3v) is 4.57. The van der Waals surface area contributed by atoms with Gasteiger partial charge in [0, 0.05) is 19.7 Å². The van der Waals surface area contributed by atoms with Crippen LogP contribution >= 0.6 is 0 Å². The van der Waals surface area contributed by atoms with Crippen LogP contribution in [0.3, 0.4) is 0 Å². The first-order valence-corrected chi connectivity index (χ1v) is 9.22. The highest BCUT2D eigenvalue weighted by atomic mass is 16.5. The molecule has 2 unspecified atom stereocenters. The summed E-state index contributed by atoms with van der Waals surface area (Å²) in [5.41, 5.74) is 1.16. The molecule has 6 heteroatoms. The van der Waals surface area contributed by atoms with Crippen molar-refractivity contribution in [2.75, 3.05) is 33.4 Å². The topological polar surface area (TPSA) is 65.1 Å². The third-order valence-electron chi connectivity index (χ3n) is 4.57. The zero-order valence-electron chi connectivity index (χ0n) is 15.9. The second kappa shape index (κ2) is 10.2. The summed E-state index contributed by atoms with van der Waals surface area (Å²) in [6.07, 6.45) is 2.86. The predicted molar refractivity (Wildman–Crippen MR) is 98.0 cm³/mol. The second-order valence-corrected chi connectivity index (χ2v) is 6.65. The molecule has 0 N–H and O–H groups in total. The van der Waals surface area contributed by atoms with Gasteiger partial charge in [-0.3, -0.25) is 9.59 Å². The Bertz CT molecular complexity index is 598. The van der Waals surface area contributed by atoms with Crippen LogP contribution in [0, 0.1) is 5.92 Å². The largest absolute Gasteiger partial charge is 0.484 e. The Morgan fingerprint density at radius 2 is 2.19 bits per heavy atom. The standard InChI is InChI=1S/C20H29NO5/c1-4-16-7-5-8-17(11-16)26-14-19(22)21(12-15(2)20(23)24-3)13-18-9-6-10-25-18/h5,7-8,11,15,18H,4,6,9-10,12-14H2,1-3H3. The molecular weight excluding hydrogens is 334 g/mol. The van der Waals surface area contributed by atoms with Gasteiger partial charge in [-0.25, -0.2) is 0 Å². The average molecular weight is 363 g/mol. The number of benzene rings is 1. The maximum atomic E-state index is 12.7. The van der Waals surface area contributed by atoms with Gasteiger partial charge in [0.1, 0.15) is 5.75 Å². The highest BCUT2D eigenvalue weighted by Crippen LogP contribution is 2.16. The molecule has 0 aromatic heterocycles. The van der Waals surface area contributed by atoms with E-state index < -0.39 is 5.92 Å². The van der Waals surface area contributed by atoms with E-state index in [9.17, 15) is 9.59 Å². The Labute approximate surface area is 155 Å². The zero-order valence-corrected chi connectivity index (χ0v) is 15.9. The summed E-state index contributed by atoms with van der Waals surface area (Å²) >= 11 is 0. The molecule has 2 atom stereocenters. The Morgan fingerprint density at radius 1 is 1.38 bits per heavy atom. The number of hydrogen-bond acceptors (Lipinski definition) is 5. The van der Waals surface area contributed by atoms with Crippen molar-refractivity contribution in [2.45, 2.75) is 39.2 Å². The smallest absolute Gasteiger partial charge is 0.310 e. The van der Waals surface area contributed by atoms with E-state index in [1.807, 2.05) is 24.3 Å². The van der Waals surface area contributed by atoms with Crippen molar-refractivity contribution in [1.29, 1.82) is 0 Å². The molecule has 1 heterocycles. The number of carbonyl (C=O) groups excluding carboxylic acids is 2. The summed E-state index contributed by atoms with van der Waals surface area (Å²) in [5.74, 6) is -0.200. The molecule has 0 saturated carbocycles. The summed E-state index contributed by atoms with van der Waals surface area (Å²) in [5, 5.41) is 0. The van der Waals surface area contributed by atoms with E-state index in [2.05, 4.69) is 6.92 Å². The van der Waals surface area contributed by atoms with Crippen molar-refractivity contribution in [3.63, 3.8) is 0 Å². The molecule has 2 rings (SSSR count). The molecule has 6 nitrogen and oxygen atoms in total. The van der Waals surface area contributed by atoms with E-state index in [-0.39, 0.29) is 24.6 Å². The minimum absolute atomic E-state index is 0.0206. The van der Waals surface area contributed by atoms with Crippen molar-refractivity contribution >= 4 is 11.9 Å². The molecule has 0 bridgehead atoms. The van der Waals surface area contributed by atoms with Crippen LogP contribution in [0.5, 0.6) is 5.75 Å². The predicted octanol–water partition coefficient (Wildman–Crippen LogP) is 2.44. The van der Waals surface area contributed by atoms with Gasteiger partial charge in [-0.1, -0.05) is 26.0 Å². The van der Waals surface area contributed by atoms with Crippen LogP contribution in [-0.2, 0) is 25.5 Å². The maximum absolute atomic E-state index is 12.7. The van der Waals surface area contributed by atoms with Gasteiger partial charge in [-0.05, 0) is 37.0 Å². The number of rotatable bonds is 9. The van der Waals surface area contributed by atoms with Gasteiger partial charge in [0.25, 0.3) is 5.91 Å². The molecule has 1 aliphatic heterocycles. The number of methoxy groups -OCH3 is 1. The maximum Gasteiger partial charge on any atom is 0.310 e. The van der Waals surface area contributed by atoms with E-state index in [1.165, 1.54) is 7.11 Å². The van der Waals surface area contributed by atoms with Gasteiger partial charge in [0.05, 0.1) is 19.1 Å². The van der Waals surface area contributed by atoms with Crippen LogP contribution in [-0.4, -0.2) is 56.3 Å². The zero-order chi connectivity index (χ0) is 18.9. The molecule has 0 aliphatic carbocycles. The van der Waals surface area contributed by atoms with Crippen LogP contribution in [0.15, 0.2) is 24.3 Å². The number of ether oxygens (including phenoxy) is 3. The fraction of sp³-hybridized carbons (Fsp3) is 0.600. The molecule has 1 aromatic rings. The molecule has 1 aliphatic rings. The molecule has 1 amide bonds. The van der Waals surface area contributed by atoms with Crippen molar-refractivity contribution in [2.24, 2.45) is 5.92 Å². The lowest BCUT2D eigenvalue weighted by atomic mass is 10.1. The quantitative estimate of drug-likeness (QED) is 0.631. The lowest BCUT2D eigenvalue weighted by Crippen LogP contribution is -2.43. The second-order valence-electron chi connectivity index (χ2n) is 6.65. The number of amides is 1. The van der Waals surface area contributed by atoms with Crippen molar-refractivity contribution in [3.8, 4) is 5.75 Å². The van der Waals surface area contributed by atoms with E-state index in [1.54, 1.807) is 11.8 Å². The number of aryl methyl sites for hydroxylation is 1. The minimum Gasteiger partial charge on any atom is -0.484 e. The average Bonchev–Trinajstić information content (AvgIpc) is 3.18. The lowest BCUT2D eigenvalue weighted by Gasteiger charge is -2.27. The Kier molecular flexibility index (Phi) is 7.91. The van der Waals surface area contributed by atoms with E-state index in [4.69, 9.17) is 14.2 Å². The van der Waals surface area contributed by atoms with Crippen molar-refractivity contribution < 1.29 is 23.8 Å². The van der Waals surface area contributed by atoms with E-state index >= 15 is 0 Å². The first-order chi connectivity index (χ1) is 12.5. The van der Waals surface area contributed by atoms with Gasteiger partial charge in [0.2, 0.25) is 0 Å². The molecule has 1 saturated heterocycles. The van der Waals surface area contributed by atoms with Crippen LogP contribution in [0.2, 0.25) is 0 Å². The highest BCUT2D eigenvalue weighted by Gasteiger charge is 2.26. The first kappa shape index (κ1) is 20.2. The summed E-state index contributed by atoms with van der Waals surface area (Å²) in [4.78, 5) is 26.1. The highest BCUT2D eigenvalue weighted by molar-refractivity contribution is 5.79. The number of hydrogen-bond donors (Lipinski definition) is 0. The SMILES string of the molecule is CCc1cccc(OCC(=O)N(CC2CCCO2)CC(C)C(=O)OC)c1. The molecular formula is C20H29NO5. The molecule has 144 valence electrons. The summed E-state index contributed by atoms with van der Waals surface area (Å²) in [6.45, 7) is 5.25. The monoisotopic (exact) mass is 363 g/mol. The van der Waals surface area contributed by atoms with Crippen LogP contribution in [0.1, 0.15) is 32.3 Å². The van der Waals surface area contributed by atoms with Crippen molar-refractivity contribution in [1.82, 2.24) is 4.90 Å². The third kappa shape index (κ3) is 6.02. The molecule has 1 aromatic carbocycles. The van der Waals surface area contributed by atoms with Gasteiger partial charge in [-0.15, -0.1) is 0 Å². The van der Waals surface area contributed by atoms with Crippen molar-refractivity contribution in [3.05, 3.63) is 29.8 Å². The van der Waals surface area contributed by atoms with Gasteiger partial charge in [-0.2, -0.15) is 0 Å². The summed E-state index contributed by atoms with van der Waals surface area (Å²) in [7, 11) is 1.36. The van der Waals surface area contributed by atoms with E-state index in [0.717, 1.165) is 31.4 Å². The molecule has 1 fully saturated rings. The summed E-state index contributed by atoms with van der Waals surface area (Å²) in [6, 6.07) is 7.72. The van der Waals surface area contributed by atoms with Crippen LogP contribution in [0.4, 0.5) is 0 Å². The van der Waals surface area contributed by atoms with Gasteiger partial charge in [0.15, 0.2) is 6.61 Å². The number of nitrogens with zero attached hydrogens (tertiary/aromatic N) is 1. The minimum atomic E-state index is -0.395. The number of carbonyl (C=O) groups is 2. The lowest BCUT2D eigenvalue weighted by molar-refractivity contribution is -0.147. The molecule has 26 heavy (non-hydrogen) atoms. The van der Waals surface area contributed by atoms with Gasteiger partial charge < -0.3 is 19.1 Å².